The molecule has 0 spiro atoms. The van der Waals surface area contributed by atoms with Crippen LogP contribution in [-0.2, 0) is 0 Å². The van der Waals surface area contributed by atoms with Gasteiger partial charge in [0.15, 0.2) is 5.65 Å². The summed E-state index contributed by atoms with van der Waals surface area (Å²) in [4.78, 5) is 18.0. The van der Waals surface area contributed by atoms with Crippen LogP contribution >= 0.6 is 0 Å². The highest BCUT2D eigenvalue weighted by atomic mass is 19.1. The summed E-state index contributed by atoms with van der Waals surface area (Å²) in [6, 6.07) is 21.3. The van der Waals surface area contributed by atoms with E-state index in [1.54, 1.807) is 31.2 Å². The van der Waals surface area contributed by atoms with Crippen LogP contribution < -0.4 is 5.56 Å². The van der Waals surface area contributed by atoms with E-state index in [1.807, 2.05) is 30.3 Å². The zero-order valence-corrected chi connectivity index (χ0v) is 17.4. The van der Waals surface area contributed by atoms with Crippen LogP contribution in [0.2, 0.25) is 0 Å². The molecule has 2 aromatic heterocycles. The number of rotatable bonds is 3. The molecule has 0 saturated heterocycles. The number of aromatic nitrogens is 3. The van der Waals surface area contributed by atoms with Crippen LogP contribution in [0.4, 0.5) is 8.78 Å². The number of fused-ring (bicyclic) bond motifs is 1. The molecule has 5 rings (SSSR count). The van der Waals surface area contributed by atoms with E-state index in [-0.39, 0.29) is 16.8 Å². The van der Waals surface area contributed by atoms with Crippen LogP contribution in [0.25, 0.3) is 39.3 Å². The highest BCUT2D eigenvalue weighted by Gasteiger charge is 2.23. The Morgan fingerprint density at radius 3 is 2.36 bits per heavy atom. The maximum absolute atomic E-state index is 14.9. The predicted octanol–water partition coefficient (Wildman–Crippen LogP) is 5.48. The van der Waals surface area contributed by atoms with E-state index >= 15 is 0 Å². The van der Waals surface area contributed by atoms with Gasteiger partial charge >= 0.3 is 0 Å². The quantitative estimate of drug-likeness (QED) is 0.405. The molecule has 0 aliphatic heterocycles. The number of nitrogens with one attached hydrogen (secondary N) is 1. The Kier molecular flexibility index (Phi) is 4.83. The third kappa shape index (κ3) is 3.38. The van der Waals surface area contributed by atoms with Crippen molar-refractivity contribution >= 4 is 5.65 Å². The van der Waals surface area contributed by atoms with Gasteiger partial charge in [0.05, 0.1) is 28.6 Å². The number of benzene rings is 3. The molecule has 0 aliphatic rings. The Bertz CT molecular complexity index is 1610. The Labute approximate surface area is 187 Å². The summed E-state index contributed by atoms with van der Waals surface area (Å²) >= 11 is 0. The lowest BCUT2D eigenvalue weighted by Crippen LogP contribution is -2.19. The zero-order valence-electron chi connectivity index (χ0n) is 17.4. The second-order valence-corrected chi connectivity index (χ2v) is 7.59. The van der Waals surface area contributed by atoms with Crippen molar-refractivity contribution in [2.45, 2.75) is 6.92 Å². The third-order valence-electron chi connectivity index (χ3n) is 5.56. The van der Waals surface area contributed by atoms with Gasteiger partial charge in [-0.3, -0.25) is 9.89 Å². The second kappa shape index (κ2) is 7.84. The maximum atomic E-state index is 14.9. The lowest BCUT2D eigenvalue weighted by Gasteiger charge is -2.08. The van der Waals surface area contributed by atoms with Crippen LogP contribution in [0.3, 0.4) is 0 Å². The summed E-state index contributed by atoms with van der Waals surface area (Å²) in [6.07, 6.45) is 0. The molecule has 7 heteroatoms. The van der Waals surface area contributed by atoms with E-state index in [2.05, 4.69) is 11.2 Å². The molecule has 0 bridgehead atoms. The third-order valence-corrected chi connectivity index (χ3v) is 5.56. The fraction of sp³-hybridized carbons (Fsp3) is 0.0385. The molecule has 160 valence electrons. The minimum Gasteiger partial charge on any atom is -0.288 e. The number of H-pyrrole nitrogens is 1. The highest BCUT2D eigenvalue weighted by molar-refractivity contribution is 5.91. The van der Waals surface area contributed by atoms with Crippen LogP contribution in [0.5, 0.6) is 0 Å². The van der Waals surface area contributed by atoms with Crippen molar-refractivity contribution in [2.24, 2.45) is 0 Å². The first-order chi connectivity index (χ1) is 16.0. The lowest BCUT2D eigenvalue weighted by molar-refractivity contribution is 0.585. The zero-order chi connectivity index (χ0) is 23.1. The molecule has 5 aromatic rings. The molecule has 5 nitrogen and oxygen atoms in total. The van der Waals surface area contributed by atoms with Gasteiger partial charge in [0.25, 0.3) is 5.56 Å². The smallest absolute Gasteiger partial charge is 0.276 e. The van der Waals surface area contributed by atoms with Gasteiger partial charge in [-0.15, -0.1) is 0 Å². The van der Waals surface area contributed by atoms with Gasteiger partial charge < -0.3 is 0 Å². The Balaban J connectivity index is 1.88. The monoisotopic (exact) mass is 438 g/mol. The summed E-state index contributed by atoms with van der Waals surface area (Å²) in [7, 11) is 0. The van der Waals surface area contributed by atoms with Gasteiger partial charge in [0.1, 0.15) is 11.6 Å². The van der Waals surface area contributed by atoms with Crippen molar-refractivity contribution < 1.29 is 8.78 Å². The first-order valence-corrected chi connectivity index (χ1v) is 10.1. The summed E-state index contributed by atoms with van der Waals surface area (Å²) in [5.41, 5.74) is 3.51. The Hall–Kier alpha value is -4.57. The summed E-state index contributed by atoms with van der Waals surface area (Å²) < 4.78 is 29.9. The van der Waals surface area contributed by atoms with E-state index in [9.17, 15) is 13.6 Å². The molecule has 3 aromatic carbocycles. The van der Waals surface area contributed by atoms with Crippen molar-refractivity contribution in [1.29, 1.82) is 5.26 Å². The molecule has 33 heavy (non-hydrogen) atoms. The standard InChI is InChI=1S/C26H16F2N4O/c1-15-23(18-9-7-16(14-29)8-10-18)30-25-22(20-12-11-19(27)13-21(20)28)24(31-32(25)26(15)33)17-5-3-2-4-6-17/h2-13,31H,1H3. The van der Waals surface area contributed by atoms with Crippen molar-refractivity contribution in [3.8, 4) is 39.7 Å². The van der Waals surface area contributed by atoms with Crippen molar-refractivity contribution in [3.63, 3.8) is 0 Å². The highest BCUT2D eigenvalue weighted by Crippen LogP contribution is 2.36. The van der Waals surface area contributed by atoms with Gasteiger partial charge in [-0.2, -0.15) is 5.26 Å². The maximum Gasteiger partial charge on any atom is 0.276 e. The van der Waals surface area contributed by atoms with E-state index in [1.165, 1.54) is 16.6 Å². The lowest BCUT2D eigenvalue weighted by atomic mass is 10.00. The molecular weight excluding hydrogens is 422 g/mol. The number of hydrogen-bond donors (Lipinski definition) is 1. The van der Waals surface area contributed by atoms with Gasteiger partial charge in [0, 0.05) is 28.3 Å². The van der Waals surface area contributed by atoms with E-state index < -0.39 is 11.6 Å². The largest absolute Gasteiger partial charge is 0.288 e. The SMILES string of the molecule is Cc1c(-c2ccc(C#N)cc2)nc2c(-c3ccc(F)cc3F)c(-c3ccccc3)[nH]n2c1=O. The number of halogens is 2. The molecule has 0 amide bonds. The first-order valence-electron chi connectivity index (χ1n) is 10.1. The molecule has 0 unspecified atom stereocenters. The van der Waals surface area contributed by atoms with Crippen LogP contribution in [-0.4, -0.2) is 14.6 Å². The summed E-state index contributed by atoms with van der Waals surface area (Å²) in [6.45, 7) is 1.66. The normalized spacial score (nSPS) is 11.0. The summed E-state index contributed by atoms with van der Waals surface area (Å²) in [5.74, 6) is -1.46. The fourth-order valence-electron chi connectivity index (χ4n) is 3.90. The molecule has 0 saturated carbocycles. The average Bonchev–Trinajstić information content (AvgIpc) is 3.21. The van der Waals surface area contributed by atoms with Gasteiger partial charge in [-0.05, 0) is 31.2 Å². The molecule has 1 N–H and O–H groups in total. The molecule has 0 radical (unpaired) electrons. The molecule has 2 heterocycles. The number of nitrogens with zero attached hydrogens (tertiary/aromatic N) is 3. The molecule has 0 fully saturated rings. The molecule has 0 aliphatic carbocycles. The molecule has 0 atom stereocenters. The van der Waals surface area contributed by atoms with Crippen LogP contribution in [0, 0.1) is 29.9 Å². The molecular formula is C26H16F2N4O. The fourth-order valence-corrected chi connectivity index (χ4v) is 3.90. The van der Waals surface area contributed by atoms with Crippen molar-refractivity contribution in [2.75, 3.05) is 0 Å². The van der Waals surface area contributed by atoms with E-state index in [4.69, 9.17) is 10.2 Å². The predicted molar refractivity (Wildman–Crippen MR) is 121 cm³/mol. The average molecular weight is 438 g/mol. The van der Waals surface area contributed by atoms with Gasteiger partial charge in [-0.1, -0.05) is 42.5 Å². The number of nitriles is 1. The van der Waals surface area contributed by atoms with Crippen LogP contribution in [0.1, 0.15) is 11.1 Å². The van der Waals surface area contributed by atoms with Crippen molar-refractivity contribution in [3.05, 3.63) is 106 Å². The first kappa shape index (κ1) is 20.3. The van der Waals surface area contributed by atoms with Crippen LogP contribution in [0.15, 0.2) is 77.6 Å². The Morgan fingerprint density at radius 1 is 0.970 bits per heavy atom. The topological polar surface area (TPSA) is 73.9 Å². The summed E-state index contributed by atoms with van der Waals surface area (Å²) in [5, 5.41) is 12.1. The van der Waals surface area contributed by atoms with Gasteiger partial charge in [-0.25, -0.2) is 18.3 Å². The second-order valence-electron chi connectivity index (χ2n) is 7.59. The van der Waals surface area contributed by atoms with Gasteiger partial charge in [0.2, 0.25) is 0 Å². The minimum atomic E-state index is -0.761. The van der Waals surface area contributed by atoms with Crippen molar-refractivity contribution in [1.82, 2.24) is 14.6 Å². The minimum absolute atomic E-state index is 0.121. The number of hydrogen-bond acceptors (Lipinski definition) is 3. The van der Waals surface area contributed by atoms with E-state index in [0.717, 1.165) is 11.6 Å². The Morgan fingerprint density at radius 2 is 1.70 bits per heavy atom. The number of aromatic amines is 1. The van der Waals surface area contributed by atoms with E-state index in [0.29, 0.717) is 33.6 Å².